The van der Waals surface area contributed by atoms with Gasteiger partial charge in [-0.25, -0.2) is 4.98 Å². The van der Waals surface area contributed by atoms with Gasteiger partial charge in [0.1, 0.15) is 5.75 Å². The molecule has 3 heterocycles. The number of nitrogens with zero attached hydrogens (tertiary/aromatic N) is 2. The first-order valence-corrected chi connectivity index (χ1v) is 9.29. The van der Waals surface area contributed by atoms with Crippen molar-refractivity contribution in [3.8, 4) is 5.75 Å². The minimum absolute atomic E-state index is 0.0171. The number of fused-ring (bicyclic) bond motifs is 2. The van der Waals surface area contributed by atoms with E-state index in [0.29, 0.717) is 0 Å². The van der Waals surface area contributed by atoms with E-state index in [2.05, 4.69) is 41.9 Å². The number of aromatic nitrogens is 2. The molecule has 0 aliphatic carbocycles. The van der Waals surface area contributed by atoms with Gasteiger partial charge in [-0.1, -0.05) is 18.2 Å². The number of ether oxygens (including phenoxy) is 2. The number of imidazole rings is 1. The molecule has 4 rings (SSSR count). The van der Waals surface area contributed by atoms with Crippen molar-refractivity contribution < 1.29 is 9.47 Å². The van der Waals surface area contributed by atoms with Gasteiger partial charge in [0, 0.05) is 44.0 Å². The third-order valence-corrected chi connectivity index (χ3v) is 5.41. The largest absolute Gasteiger partial charge is 0.491 e. The second-order valence-electron chi connectivity index (χ2n) is 7.32. The van der Waals surface area contributed by atoms with Crippen LogP contribution in [0.3, 0.4) is 0 Å². The van der Waals surface area contributed by atoms with Crippen LogP contribution in [0, 0.1) is 0 Å². The van der Waals surface area contributed by atoms with E-state index in [9.17, 15) is 0 Å². The van der Waals surface area contributed by atoms with Crippen LogP contribution in [0.1, 0.15) is 43.6 Å². The van der Waals surface area contributed by atoms with Gasteiger partial charge < -0.3 is 14.5 Å². The second kappa shape index (κ2) is 6.81. The number of rotatable bonds is 4. The average Bonchev–Trinajstić information content (AvgIpc) is 3.09. The fourth-order valence-corrected chi connectivity index (χ4v) is 4.22. The first kappa shape index (κ1) is 16.6. The maximum atomic E-state index is 6.04. The molecule has 2 aliphatic rings. The maximum absolute atomic E-state index is 6.04. The summed E-state index contributed by atoms with van der Waals surface area (Å²) in [4.78, 5) is 10.7. The van der Waals surface area contributed by atoms with Crippen LogP contribution < -0.4 is 4.74 Å². The Kier molecular flexibility index (Phi) is 4.52. The highest BCUT2D eigenvalue weighted by Gasteiger charge is 2.45. The molecule has 0 amide bonds. The number of hydrogen-bond donors (Lipinski definition) is 1. The summed E-state index contributed by atoms with van der Waals surface area (Å²) in [7, 11) is 0. The molecule has 5 heteroatoms. The van der Waals surface area contributed by atoms with Crippen LogP contribution >= 0.6 is 0 Å². The van der Waals surface area contributed by atoms with E-state index in [4.69, 9.17) is 14.5 Å². The van der Waals surface area contributed by atoms with E-state index in [0.717, 1.165) is 51.3 Å². The Hall–Kier alpha value is -1.85. The van der Waals surface area contributed by atoms with Crippen LogP contribution in [0.15, 0.2) is 30.6 Å². The van der Waals surface area contributed by atoms with Crippen LogP contribution in [-0.2, 0) is 23.2 Å². The number of para-hydroxylation sites is 1. The Morgan fingerprint density at radius 1 is 1.28 bits per heavy atom. The molecule has 0 bridgehead atoms. The fourth-order valence-electron chi connectivity index (χ4n) is 4.22. The Labute approximate surface area is 149 Å². The van der Waals surface area contributed by atoms with Crippen LogP contribution in [-0.4, -0.2) is 40.7 Å². The van der Waals surface area contributed by atoms with E-state index in [1.165, 1.54) is 17.0 Å². The molecule has 25 heavy (non-hydrogen) atoms. The van der Waals surface area contributed by atoms with Gasteiger partial charge in [0.15, 0.2) is 0 Å². The van der Waals surface area contributed by atoms with Gasteiger partial charge in [-0.05, 0) is 32.8 Å². The molecule has 1 spiro atoms. The van der Waals surface area contributed by atoms with Crippen LogP contribution in [0.25, 0.3) is 0 Å². The summed E-state index contributed by atoms with van der Waals surface area (Å²) < 4.78 is 11.7. The molecule has 1 saturated heterocycles. The predicted molar refractivity (Wildman–Crippen MR) is 96.6 cm³/mol. The lowest BCUT2D eigenvalue weighted by molar-refractivity contribution is -0.0453. The zero-order valence-electron chi connectivity index (χ0n) is 15.1. The van der Waals surface area contributed by atoms with Gasteiger partial charge >= 0.3 is 0 Å². The van der Waals surface area contributed by atoms with Gasteiger partial charge in [0.05, 0.1) is 23.7 Å². The lowest BCUT2D eigenvalue weighted by Crippen LogP contribution is -2.53. The molecule has 5 nitrogen and oxygen atoms in total. The summed E-state index contributed by atoms with van der Waals surface area (Å²) in [6.07, 6.45) is 5.04. The monoisotopic (exact) mass is 341 g/mol. The Balaban J connectivity index is 1.66. The van der Waals surface area contributed by atoms with Crippen molar-refractivity contribution >= 4 is 0 Å². The second-order valence-corrected chi connectivity index (χ2v) is 7.32. The van der Waals surface area contributed by atoms with E-state index in [1.807, 2.05) is 12.4 Å². The van der Waals surface area contributed by atoms with Crippen molar-refractivity contribution in [3.63, 3.8) is 0 Å². The van der Waals surface area contributed by atoms with Crippen LogP contribution in [0.4, 0.5) is 0 Å². The molecule has 1 aromatic carbocycles. The van der Waals surface area contributed by atoms with Crippen molar-refractivity contribution in [2.24, 2.45) is 0 Å². The maximum Gasteiger partial charge on any atom is 0.124 e. The Morgan fingerprint density at radius 2 is 2.08 bits per heavy atom. The molecule has 2 aromatic rings. The smallest absolute Gasteiger partial charge is 0.124 e. The number of hydrogen-bond acceptors (Lipinski definition) is 4. The number of benzene rings is 1. The SMILES string of the molecule is CC(C)Oc1ccccc1CN1CCc2[nH]cnc2C12CCOCC2. The molecule has 2 aliphatic heterocycles. The van der Waals surface area contributed by atoms with E-state index >= 15 is 0 Å². The number of aromatic amines is 1. The lowest BCUT2D eigenvalue weighted by atomic mass is 9.80. The van der Waals surface area contributed by atoms with Crippen molar-refractivity contribution in [2.75, 3.05) is 19.8 Å². The van der Waals surface area contributed by atoms with Crippen molar-refractivity contribution in [1.82, 2.24) is 14.9 Å². The fraction of sp³-hybridized carbons (Fsp3) is 0.550. The highest BCUT2D eigenvalue weighted by Crippen LogP contribution is 2.43. The molecule has 0 radical (unpaired) electrons. The van der Waals surface area contributed by atoms with E-state index < -0.39 is 0 Å². The molecule has 0 unspecified atom stereocenters. The first-order chi connectivity index (χ1) is 12.2. The average molecular weight is 341 g/mol. The Bertz CT molecular complexity index is 719. The normalized spacial score (nSPS) is 20.0. The first-order valence-electron chi connectivity index (χ1n) is 9.29. The predicted octanol–water partition coefficient (Wildman–Crippen LogP) is 3.26. The Morgan fingerprint density at radius 3 is 2.88 bits per heavy atom. The highest BCUT2D eigenvalue weighted by atomic mass is 16.5. The van der Waals surface area contributed by atoms with Crippen molar-refractivity contribution in [3.05, 3.63) is 47.5 Å². The minimum atomic E-state index is -0.0171. The summed E-state index contributed by atoms with van der Waals surface area (Å²) in [5.41, 5.74) is 3.76. The highest BCUT2D eigenvalue weighted by molar-refractivity contribution is 5.35. The molecular weight excluding hydrogens is 314 g/mol. The van der Waals surface area contributed by atoms with Gasteiger partial charge in [-0.3, -0.25) is 4.90 Å². The number of H-pyrrole nitrogens is 1. The van der Waals surface area contributed by atoms with Crippen LogP contribution in [0.5, 0.6) is 5.75 Å². The summed E-state index contributed by atoms with van der Waals surface area (Å²) in [5.74, 6) is 0.993. The summed E-state index contributed by atoms with van der Waals surface area (Å²) in [6, 6.07) is 8.41. The third kappa shape index (κ3) is 3.07. The zero-order chi connectivity index (χ0) is 17.3. The van der Waals surface area contributed by atoms with Gasteiger partial charge in [0.2, 0.25) is 0 Å². The number of nitrogens with one attached hydrogen (secondary N) is 1. The minimum Gasteiger partial charge on any atom is -0.491 e. The molecule has 0 atom stereocenters. The third-order valence-electron chi connectivity index (χ3n) is 5.41. The van der Waals surface area contributed by atoms with E-state index in [-0.39, 0.29) is 11.6 Å². The molecule has 1 N–H and O–H groups in total. The zero-order valence-corrected chi connectivity index (χ0v) is 15.1. The van der Waals surface area contributed by atoms with Gasteiger partial charge in [-0.2, -0.15) is 0 Å². The van der Waals surface area contributed by atoms with Gasteiger partial charge in [0.25, 0.3) is 0 Å². The topological polar surface area (TPSA) is 50.4 Å². The lowest BCUT2D eigenvalue weighted by Gasteiger charge is -2.48. The van der Waals surface area contributed by atoms with E-state index in [1.54, 1.807) is 0 Å². The molecule has 1 aromatic heterocycles. The molecule has 1 fully saturated rings. The van der Waals surface area contributed by atoms with Crippen molar-refractivity contribution in [1.29, 1.82) is 0 Å². The molecular formula is C20H27N3O2. The van der Waals surface area contributed by atoms with Crippen LogP contribution in [0.2, 0.25) is 0 Å². The summed E-state index contributed by atoms with van der Waals surface area (Å²) >= 11 is 0. The summed E-state index contributed by atoms with van der Waals surface area (Å²) in [6.45, 7) is 7.67. The quantitative estimate of drug-likeness (QED) is 0.927. The molecule has 0 saturated carbocycles. The molecule has 134 valence electrons. The van der Waals surface area contributed by atoms with Crippen molar-refractivity contribution in [2.45, 2.75) is 51.3 Å². The summed E-state index contributed by atoms with van der Waals surface area (Å²) in [5, 5.41) is 0. The standard InChI is InChI=1S/C20H27N3O2/c1-15(2)25-18-6-4-3-5-16(18)13-23-10-7-17-19(22-14-21-17)20(23)8-11-24-12-9-20/h3-6,14-15H,7-13H2,1-2H3,(H,21,22). The van der Waals surface area contributed by atoms with Gasteiger partial charge in [-0.15, -0.1) is 0 Å².